The molecule has 4 aliphatic carbocycles. The van der Waals surface area contributed by atoms with E-state index < -0.39 is 67.1 Å². The predicted octanol–water partition coefficient (Wildman–Crippen LogP) is 6.68. The normalized spacial score (nSPS) is 24.0. The molecule has 6 aromatic rings. The lowest BCUT2D eigenvalue weighted by Crippen LogP contribution is -3.11. The van der Waals surface area contributed by atoms with Crippen molar-refractivity contribution in [3.8, 4) is 0 Å². The zero-order chi connectivity index (χ0) is 59.5. The Balaban J connectivity index is 0.000000154. The third-order valence-electron chi connectivity index (χ3n) is 16.0. The van der Waals surface area contributed by atoms with Crippen LogP contribution >= 0.6 is 0 Å². The third kappa shape index (κ3) is 15.5. The topological polar surface area (TPSA) is 190 Å². The zero-order valence-electron chi connectivity index (χ0n) is 46.4. The fourth-order valence-corrected chi connectivity index (χ4v) is 16.6. The van der Waals surface area contributed by atoms with E-state index in [0.717, 1.165) is 25.7 Å². The highest BCUT2D eigenvalue weighted by Gasteiger charge is 2.62. The van der Waals surface area contributed by atoms with Gasteiger partial charge in [0.25, 0.3) is 0 Å². The van der Waals surface area contributed by atoms with Gasteiger partial charge in [-0.15, -0.1) is 0 Å². The van der Waals surface area contributed by atoms with Crippen molar-refractivity contribution in [2.75, 3.05) is 32.8 Å². The van der Waals surface area contributed by atoms with Gasteiger partial charge >= 0.3 is 22.4 Å². The Morgan fingerprint density at radius 2 is 0.702 bits per heavy atom. The number of halogens is 5. The largest absolute Gasteiger partial charge is 1.00 e. The summed E-state index contributed by atoms with van der Waals surface area (Å²) in [5, 5.41) is -10.1. The molecule has 0 aromatic heterocycles. The highest BCUT2D eigenvalue weighted by molar-refractivity contribution is 7.97. The van der Waals surface area contributed by atoms with Crippen molar-refractivity contribution in [3.05, 3.63) is 182 Å². The smallest absolute Gasteiger partial charge is 0.428 e. The Kier molecular flexibility index (Phi) is 23.3. The number of nitrogens with one attached hydrogen (secondary N) is 1. The average Bonchev–Trinajstić information content (AvgIpc) is 1.86. The fourth-order valence-electron chi connectivity index (χ4n) is 11.9. The van der Waals surface area contributed by atoms with E-state index >= 15 is 0 Å². The quantitative estimate of drug-likeness (QED) is 0.0498. The van der Waals surface area contributed by atoms with Gasteiger partial charge in [0.1, 0.15) is 12.2 Å². The van der Waals surface area contributed by atoms with E-state index in [2.05, 4.69) is 212 Å². The molecule has 10 unspecified atom stereocenters. The van der Waals surface area contributed by atoms with Crippen LogP contribution < -0.4 is 21.9 Å². The number of fused-ring (bicyclic) bond motifs is 2. The number of hydrogen-bond acceptors (Lipinski definition) is 12. The maximum Gasteiger partial charge on any atom is 0.428 e. The second-order valence-corrected chi connectivity index (χ2v) is 27.8. The summed E-state index contributed by atoms with van der Waals surface area (Å²) in [6, 6.07) is 64.3. The van der Waals surface area contributed by atoms with Crippen LogP contribution in [0.25, 0.3) is 0 Å². The van der Waals surface area contributed by atoms with Gasteiger partial charge in [-0.25, -0.2) is 26.4 Å². The van der Waals surface area contributed by atoms with Crippen LogP contribution in [0.1, 0.15) is 46.5 Å². The van der Waals surface area contributed by atoms with Gasteiger partial charge in [-0.05, 0) is 155 Å². The number of ether oxygens (including phenoxy) is 4. The Morgan fingerprint density at radius 1 is 0.464 bits per heavy atom. The first-order chi connectivity index (χ1) is 39.7. The molecule has 4 bridgehead atoms. The van der Waals surface area contributed by atoms with Crippen LogP contribution in [0.15, 0.2) is 211 Å². The predicted molar refractivity (Wildman–Crippen MR) is 304 cm³/mol. The molecule has 12 rings (SSSR count). The summed E-state index contributed by atoms with van der Waals surface area (Å²) in [4.78, 5) is 32.3. The van der Waals surface area contributed by atoms with Gasteiger partial charge in [-0.1, -0.05) is 109 Å². The van der Waals surface area contributed by atoms with Crippen molar-refractivity contribution in [3.63, 3.8) is 0 Å². The first-order valence-electron chi connectivity index (χ1n) is 27.6. The minimum atomic E-state index is -6.07. The molecule has 6 fully saturated rings. The molecule has 1 N–H and O–H groups in total. The molecule has 452 valence electrons. The summed E-state index contributed by atoms with van der Waals surface area (Å²) in [6.07, 6.45) is 0.249. The Bertz CT molecular complexity index is 2850. The Morgan fingerprint density at radius 3 is 0.905 bits per heavy atom. The molecule has 0 radical (unpaired) electrons. The van der Waals surface area contributed by atoms with Gasteiger partial charge in [0, 0.05) is 0 Å². The number of hydrogen-bond donors (Lipinski definition) is 1. The molecule has 2 heterocycles. The van der Waals surface area contributed by atoms with Crippen LogP contribution in [0.4, 0.5) is 17.6 Å². The van der Waals surface area contributed by atoms with Crippen molar-refractivity contribution < 1.29 is 93.9 Å². The third-order valence-corrected chi connectivity index (χ3v) is 22.0. The van der Waals surface area contributed by atoms with Gasteiger partial charge in [-0.2, -0.15) is 17.6 Å². The standard InChI is InChI=1S/2C18H15S.2C10H12F2O6S.C6H15N.BrH/c2*1-4-10-16(11-5-1)19(17-12-6-2-7-13-17)18-14-8-3-9-15-18;2*11-10(12,19(14,15)16)9(13)18-7-4-1-5-3-17-8(7)6(5)2-4;1-4-7(5-2)6-3;/h2*1-15H;2*4-8H,1-3H2,(H,14,15,16);4-6H2,1-3H3;1H/q2*+1;;;;/p-2. The number of quaternary nitrogens is 1. The highest BCUT2D eigenvalue weighted by atomic mass is 79.9. The van der Waals surface area contributed by atoms with E-state index in [1.807, 2.05) is 0 Å². The summed E-state index contributed by atoms with van der Waals surface area (Å²) >= 11 is 0. The number of carbonyl (C=O) groups excluding carboxylic acids is 2. The van der Waals surface area contributed by atoms with Gasteiger partial charge in [0.05, 0.1) is 66.8 Å². The minimum Gasteiger partial charge on any atom is -1.00 e. The number of alkyl halides is 4. The molecule has 0 spiro atoms. The molecule has 6 aliphatic rings. The van der Waals surface area contributed by atoms with Crippen molar-refractivity contribution >= 4 is 54.0 Å². The molecular weight excluding hydrogens is 1230 g/mol. The van der Waals surface area contributed by atoms with E-state index in [1.165, 1.54) is 49.0 Å². The first-order valence-corrected chi connectivity index (χ1v) is 32.9. The van der Waals surface area contributed by atoms with Crippen LogP contribution in [0, 0.1) is 35.5 Å². The molecule has 84 heavy (non-hydrogen) atoms. The summed E-state index contributed by atoms with van der Waals surface area (Å²) in [5.41, 5.74) is 0. The molecule has 0 amide bonds. The second-order valence-electron chi connectivity index (χ2n) is 20.9. The first kappa shape index (κ1) is 66.4. The monoisotopic (exact) mass is 1300 g/mol. The summed E-state index contributed by atoms with van der Waals surface area (Å²) in [6.45, 7) is 11.5. The fraction of sp³-hybridized carbons (Fsp3) is 0.387. The van der Waals surface area contributed by atoms with Crippen LogP contribution in [0.5, 0.6) is 0 Å². The van der Waals surface area contributed by atoms with Crippen LogP contribution in [0.3, 0.4) is 0 Å². The summed E-state index contributed by atoms with van der Waals surface area (Å²) in [5.74, 6) is -3.67. The van der Waals surface area contributed by atoms with E-state index in [9.17, 15) is 53.1 Å². The Hall–Kier alpha value is -5.14. The van der Waals surface area contributed by atoms with Gasteiger partial charge in [0.2, 0.25) is 0 Å². The van der Waals surface area contributed by atoms with E-state index in [-0.39, 0.29) is 62.4 Å². The molecule has 22 heteroatoms. The lowest BCUT2D eigenvalue weighted by molar-refractivity contribution is -0.894. The lowest BCUT2D eigenvalue weighted by atomic mass is 9.88. The number of esters is 2. The maximum atomic E-state index is 13.0. The van der Waals surface area contributed by atoms with Gasteiger partial charge in [-0.3, -0.25) is 0 Å². The van der Waals surface area contributed by atoms with Crippen molar-refractivity contribution in [2.45, 2.75) is 111 Å². The minimum absolute atomic E-state index is 0. The summed E-state index contributed by atoms with van der Waals surface area (Å²) in [7, 11) is -12.2. The summed E-state index contributed by atoms with van der Waals surface area (Å²) < 4.78 is 134. The lowest BCUT2D eigenvalue weighted by Gasteiger charge is -2.28. The average molecular weight is 1300 g/mol. The molecule has 13 nitrogen and oxygen atoms in total. The van der Waals surface area contributed by atoms with Crippen LogP contribution in [0.2, 0.25) is 0 Å². The van der Waals surface area contributed by atoms with Crippen LogP contribution in [-0.4, -0.2) is 106 Å². The molecule has 2 aliphatic heterocycles. The number of rotatable bonds is 15. The number of benzene rings is 6. The Labute approximate surface area is 505 Å². The van der Waals surface area contributed by atoms with Gasteiger partial charge in [0.15, 0.2) is 49.6 Å². The maximum absolute atomic E-state index is 13.0. The molecule has 4 saturated carbocycles. The van der Waals surface area contributed by atoms with Crippen LogP contribution in [-0.2, 0) is 70.6 Å². The van der Waals surface area contributed by atoms with Crippen molar-refractivity contribution in [1.29, 1.82) is 0 Å². The molecule has 10 atom stereocenters. The van der Waals surface area contributed by atoms with E-state index in [0.29, 0.717) is 25.0 Å². The van der Waals surface area contributed by atoms with Gasteiger partial charge < -0.3 is 49.9 Å². The van der Waals surface area contributed by atoms with Crippen molar-refractivity contribution in [2.24, 2.45) is 35.5 Å². The van der Waals surface area contributed by atoms with E-state index in [1.54, 1.807) is 4.90 Å². The SMILES string of the molecule is CC[NH+](CC)CC.O=C(OC1C2CC3COC1C3C2)C(F)(F)S(=O)(=O)[O-].O=C(OC1C2CC3COC1C3C2)C(F)(F)S(=O)(=O)[O-].[Br-].c1ccc([S+](c2ccccc2)c2ccccc2)cc1.c1ccc([S+](c2ccccc2)c2ccccc2)cc1. The molecular formula is C62H68BrF4NO12S4. The molecule has 2 saturated heterocycles. The second kappa shape index (κ2) is 29.5. The number of carbonyl (C=O) groups is 2. The highest BCUT2D eigenvalue weighted by Crippen LogP contribution is 2.56. The molecule has 6 aromatic carbocycles. The zero-order valence-corrected chi connectivity index (χ0v) is 51.2. The van der Waals surface area contributed by atoms with Crippen molar-refractivity contribution in [1.82, 2.24) is 0 Å². The van der Waals surface area contributed by atoms with E-state index in [4.69, 9.17) is 9.47 Å².